The fraction of sp³-hybridized carbons (Fsp3) is 0.550. The van der Waals surface area contributed by atoms with Gasteiger partial charge in [-0.05, 0) is 37.0 Å². The summed E-state index contributed by atoms with van der Waals surface area (Å²) < 4.78 is 4.62. The molecule has 0 aliphatic heterocycles. The first-order valence-electron chi connectivity index (χ1n) is 9.43. The molecule has 0 aliphatic carbocycles. The third-order valence-electron chi connectivity index (χ3n) is 4.17. The average Bonchev–Trinajstić information content (AvgIpc) is 2.70. The number of hydrogen-bond acceptors (Lipinski definition) is 4. The maximum absolute atomic E-state index is 11.7. The van der Waals surface area contributed by atoms with Gasteiger partial charge in [0.25, 0.3) is 5.91 Å². The molecule has 0 saturated carbocycles. The van der Waals surface area contributed by atoms with Crippen LogP contribution in [0, 0.1) is 0 Å². The lowest BCUT2D eigenvalue weighted by atomic mass is 10.1. The number of unbranched alkanes of at least 4 members (excludes halogenated alkanes) is 3. The van der Waals surface area contributed by atoms with Crippen molar-refractivity contribution in [3.05, 3.63) is 35.4 Å². The second-order valence-corrected chi connectivity index (χ2v) is 6.20. The van der Waals surface area contributed by atoms with Gasteiger partial charge >= 0.3 is 5.97 Å². The van der Waals surface area contributed by atoms with E-state index in [1.165, 1.54) is 7.11 Å². The molecule has 1 aromatic rings. The van der Waals surface area contributed by atoms with Crippen LogP contribution >= 0.6 is 0 Å². The van der Waals surface area contributed by atoms with Crippen LogP contribution in [0.25, 0.3) is 0 Å². The van der Waals surface area contributed by atoms with Gasteiger partial charge in [0.1, 0.15) is 0 Å². The lowest BCUT2D eigenvalue weighted by molar-refractivity contribution is -0.140. The fourth-order valence-corrected chi connectivity index (χ4v) is 2.62. The molecular formula is C20H32N4O3. The number of guanidine groups is 1. The predicted octanol–water partition coefficient (Wildman–Crippen LogP) is 1.88. The summed E-state index contributed by atoms with van der Waals surface area (Å²) in [6, 6.07) is 7.62. The van der Waals surface area contributed by atoms with Gasteiger partial charge in [-0.1, -0.05) is 25.0 Å². The van der Waals surface area contributed by atoms with E-state index in [0.29, 0.717) is 12.0 Å². The number of benzene rings is 1. The summed E-state index contributed by atoms with van der Waals surface area (Å²) in [6.07, 6.45) is 5.27. The topological polar surface area (TPSA) is 91.8 Å². The van der Waals surface area contributed by atoms with E-state index in [4.69, 9.17) is 0 Å². The van der Waals surface area contributed by atoms with E-state index in [9.17, 15) is 9.59 Å². The second-order valence-electron chi connectivity index (χ2n) is 6.20. The molecule has 3 N–H and O–H groups in total. The molecule has 7 nitrogen and oxygen atoms in total. The number of nitrogens with one attached hydrogen (secondary N) is 3. The molecule has 7 heteroatoms. The van der Waals surface area contributed by atoms with Gasteiger partial charge in [-0.2, -0.15) is 0 Å². The highest BCUT2D eigenvalue weighted by Crippen LogP contribution is 2.06. The van der Waals surface area contributed by atoms with E-state index >= 15 is 0 Å². The lowest BCUT2D eigenvalue weighted by Gasteiger charge is -2.12. The molecule has 1 rings (SSSR count). The standard InChI is InChI=1S/C20H32N4O3/c1-21-19(26)17-10-8-9-16(15-17)12-14-24-20(22-2)23-13-7-5-4-6-11-18(25)27-3/h8-10,15H,4-7,11-14H2,1-3H3,(H,21,26)(H2,22,23,24). The number of nitrogens with zero attached hydrogens (tertiary/aromatic N) is 1. The number of esters is 1. The molecule has 0 heterocycles. The Balaban J connectivity index is 2.20. The zero-order chi connectivity index (χ0) is 19.9. The zero-order valence-electron chi connectivity index (χ0n) is 16.6. The molecule has 0 bridgehead atoms. The van der Waals surface area contributed by atoms with Crippen LogP contribution in [0.2, 0.25) is 0 Å². The lowest BCUT2D eigenvalue weighted by Crippen LogP contribution is -2.38. The molecule has 0 unspecified atom stereocenters. The molecule has 150 valence electrons. The molecular weight excluding hydrogens is 344 g/mol. The van der Waals surface area contributed by atoms with E-state index in [2.05, 4.69) is 25.7 Å². The third kappa shape index (κ3) is 9.63. The maximum atomic E-state index is 11.7. The number of methoxy groups -OCH3 is 1. The molecule has 0 radical (unpaired) electrons. The Hall–Kier alpha value is -2.57. The minimum atomic E-state index is -0.140. The Labute approximate surface area is 162 Å². The normalized spacial score (nSPS) is 11.0. The van der Waals surface area contributed by atoms with Crippen LogP contribution in [0.15, 0.2) is 29.3 Å². The minimum absolute atomic E-state index is 0.0751. The summed E-state index contributed by atoms with van der Waals surface area (Å²) in [5.74, 6) is 0.555. The van der Waals surface area contributed by atoms with Gasteiger partial charge in [-0.15, -0.1) is 0 Å². The number of rotatable bonds is 11. The molecule has 0 fully saturated rings. The van der Waals surface area contributed by atoms with E-state index in [1.807, 2.05) is 18.2 Å². The van der Waals surface area contributed by atoms with Gasteiger partial charge < -0.3 is 20.7 Å². The number of ether oxygens (including phenoxy) is 1. The molecule has 0 atom stereocenters. The molecule has 0 aromatic heterocycles. The van der Waals surface area contributed by atoms with Crippen molar-refractivity contribution < 1.29 is 14.3 Å². The van der Waals surface area contributed by atoms with Crippen molar-refractivity contribution in [2.75, 3.05) is 34.3 Å². The number of carbonyl (C=O) groups is 2. The Morgan fingerprint density at radius 2 is 1.81 bits per heavy atom. The average molecular weight is 377 g/mol. The van der Waals surface area contributed by atoms with Crippen molar-refractivity contribution >= 4 is 17.8 Å². The van der Waals surface area contributed by atoms with Crippen molar-refractivity contribution in [3.63, 3.8) is 0 Å². The molecule has 0 spiro atoms. The van der Waals surface area contributed by atoms with E-state index in [0.717, 1.165) is 56.7 Å². The fourth-order valence-electron chi connectivity index (χ4n) is 2.62. The molecule has 0 saturated heterocycles. The summed E-state index contributed by atoms with van der Waals surface area (Å²) in [5.41, 5.74) is 1.77. The first-order valence-corrected chi connectivity index (χ1v) is 9.43. The maximum Gasteiger partial charge on any atom is 0.305 e. The highest BCUT2D eigenvalue weighted by molar-refractivity contribution is 5.94. The van der Waals surface area contributed by atoms with Crippen LogP contribution in [0.4, 0.5) is 0 Å². The molecule has 27 heavy (non-hydrogen) atoms. The van der Waals surface area contributed by atoms with Crippen molar-refractivity contribution in [3.8, 4) is 0 Å². The molecule has 1 aromatic carbocycles. The van der Waals surface area contributed by atoms with E-state index in [1.54, 1.807) is 20.2 Å². The molecule has 0 aliphatic rings. The highest BCUT2D eigenvalue weighted by atomic mass is 16.5. The third-order valence-corrected chi connectivity index (χ3v) is 4.17. The smallest absolute Gasteiger partial charge is 0.305 e. The summed E-state index contributed by atoms with van der Waals surface area (Å²) >= 11 is 0. The predicted molar refractivity (Wildman–Crippen MR) is 108 cm³/mol. The van der Waals surface area contributed by atoms with Gasteiger partial charge in [0.05, 0.1) is 7.11 Å². The monoisotopic (exact) mass is 376 g/mol. The van der Waals surface area contributed by atoms with Crippen LogP contribution in [-0.4, -0.2) is 52.1 Å². The number of amides is 1. The largest absolute Gasteiger partial charge is 0.469 e. The summed E-state index contributed by atoms with van der Waals surface area (Å²) in [7, 11) is 4.80. The number of hydrogen-bond donors (Lipinski definition) is 3. The van der Waals surface area contributed by atoms with Crippen molar-refractivity contribution in [1.82, 2.24) is 16.0 Å². The van der Waals surface area contributed by atoms with Gasteiger partial charge in [-0.3, -0.25) is 14.6 Å². The quantitative estimate of drug-likeness (QED) is 0.237. The van der Waals surface area contributed by atoms with Gasteiger partial charge in [0, 0.05) is 39.2 Å². The van der Waals surface area contributed by atoms with Crippen LogP contribution in [0.5, 0.6) is 0 Å². The molecule has 1 amide bonds. The summed E-state index contributed by atoms with van der Waals surface area (Å²) in [6.45, 7) is 1.57. The Morgan fingerprint density at radius 1 is 1.07 bits per heavy atom. The van der Waals surface area contributed by atoms with Crippen LogP contribution in [0.3, 0.4) is 0 Å². The van der Waals surface area contributed by atoms with Crippen LogP contribution in [0.1, 0.15) is 48.0 Å². The van der Waals surface area contributed by atoms with Gasteiger partial charge in [0.2, 0.25) is 0 Å². The number of carbonyl (C=O) groups excluding carboxylic acids is 2. The van der Waals surface area contributed by atoms with E-state index < -0.39 is 0 Å². The van der Waals surface area contributed by atoms with Crippen molar-refractivity contribution in [1.29, 1.82) is 0 Å². The van der Waals surface area contributed by atoms with Crippen LogP contribution in [-0.2, 0) is 16.0 Å². The first-order chi connectivity index (χ1) is 13.1. The Kier molecular flexibility index (Phi) is 11.3. The SMILES string of the molecule is CN=C(NCCCCCCC(=O)OC)NCCc1cccc(C(=O)NC)c1. The highest BCUT2D eigenvalue weighted by Gasteiger charge is 2.04. The first kappa shape index (κ1) is 22.5. The Morgan fingerprint density at radius 3 is 2.52 bits per heavy atom. The van der Waals surface area contributed by atoms with E-state index in [-0.39, 0.29) is 11.9 Å². The van der Waals surface area contributed by atoms with Crippen molar-refractivity contribution in [2.24, 2.45) is 4.99 Å². The van der Waals surface area contributed by atoms with Gasteiger partial charge in [0.15, 0.2) is 5.96 Å². The number of aliphatic imine (C=N–C) groups is 1. The van der Waals surface area contributed by atoms with Crippen molar-refractivity contribution in [2.45, 2.75) is 38.5 Å². The Bertz CT molecular complexity index is 617. The summed E-state index contributed by atoms with van der Waals surface area (Å²) in [4.78, 5) is 26.9. The zero-order valence-corrected chi connectivity index (χ0v) is 16.6. The van der Waals surface area contributed by atoms with Gasteiger partial charge in [-0.25, -0.2) is 0 Å². The second kappa shape index (κ2) is 13.6. The minimum Gasteiger partial charge on any atom is -0.469 e. The summed E-state index contributed by atoms with van der Waals surface area (Å²) in [5, 5.41) is 9.21. The van der Waals surface area contributed by atoms with Crippen LogP contribution < -0.4 is 16.0 Å².